The maximum Gasteiger partial charge on any atom is 0.205 e. The Balaban J connectivity index is 2.07. The van der Waals surface area contributed by atoms with E-state index in [1.807, 2.05) is 44.2 Å². The average Bonchev–Trinajstić information content (AvgIpc) is 2.92. The molecule has 4 nitrogen and oxygen atoms in total. The smallest absolute Gasteiger partial charge is 0.205 e. The minimum absolute atomic E-state index is 0.125. The normalized spacial score (nSPS) is 16.5. The van der Waals surface area contributed by atoms with Crippen LogP contribution in [0.1, 0.15) is 27.6 Å². The van der Waals surface area contributed by atoms with Crippen LogP contribution in [0.3, 0.4) is 0 Å². The number of thiophene rings is 1. The second kappa shape index (κ2) is 5.76. The zero-order valence-corrected chi connectivity index (χ0v) is 15.2. The molecule has 3 heterocycles. The van der Waals surface area contributed by atoms with E-state index in [4.69, 9.17) is 22.1 Å². The number of aromatic nitrogens is 1. The Morgan fingerprint density at radius 2 is 2.08 bits per heavy atom. The van der Waals surface area contributed by atoms with Crippen molar-refractivity contribution in [3.63, 3.8) is 0 Å². The van der Waals surface area contributed by atoms with Crippen LogP contribution in [0.2, 0.25) is 5.02 Å². The van der Waals surface area contributed by atoms with Crippen LogP contribution >= 0.6 is 22.9 Å². The highest BCUT2D eigenvalue weighted by Crippen LogP contribution is 2.51. The lowest BCUT2D eigenvalue weighted by Crippen LogP contribution is -2.20. The van der Waals surface area contributed by atoms with E-state index in [9.17, 15) is 5.26 Å². The van der Waals surface area contributed by atoms with Gasteiger partial charge >= 0.3 is 0 Å². The SMILES string of the molecule is Cc1cc(C)c2c3c(sc2n1)C(c1ccccc1Cl)C(C#N)=C(N)O3. The zero-order valence-electron chi connectivity index (χ0n) is 13.6. The van der Waals surface area contributed by atoms with Crippen molar-refractivity contribution in [1.29, 1.82) is 5.26 Å². The molecule has 4 rings (SSSR count). The Morgan fingerprint density at radius 3 is 2.80 bits per heavy atom. The Kier molecular flexibility index (Phi) is 3.68. The van der Waals surface area contributed by atoms with Gasteiger partial charge in [-0.2, -0.15) is 5.26 Å². The number of fused-ring (bicyclic) bond motifs is 3. The summed E-state index contributed by atoms with van der Waals surface area (Å²) in [4.78, 5) is 6.42. The average molecular weight is 368 g/mol. The van der Waals surface area contributed by atoms with Crippen molar-refractivity contribution >= 4 is 33.2 Å². The summed E-state index contributed by atoms with van der Waals surface area (Å²) in [6.07, 6.45) is 0. The summed E-state index contributed by atoms with van der Waals surface area (Å²) in [7, 11) is 0. The highest BCUT2D eigenvalue weighted by molar-refractivity contribution is 7.19. The van der Waals surface area contributed by atoms with Gasteiger partial charge in [0, 0.05) is 10.7 Å². The zero-order chi connectivity index (χ0) is 17.7. The molecule has 0 radical (unpaired) electrons. The Hall–Kier alpha value is -2.55. The third kappa shape index (κ3) is 2.38. The van der Waals surface area contributed by atoms with E-state index in [2.05, 4.69) is 11.1 Å². The van der Waals surface area contributed by atoms with Gasteiger partial charge < -0.3 is 10.5 Å². The molecule has 0 fully saturated rings. The highest BCUT2D eigenvalue weighted by atomic mass is 35.5. The second-order valence-electron chi connectivity index (χ2n) is 6.00. The Morgan fingerprint density at radius 1 is 1.32 bits per heavy atom. The summed E-state index contributed by atoms with van der Waals surface area (Å²) in [5.74, 6) is 0.465. The molecule has 1 aliphatic rings. The van der Waals surface area contributed by atoms with Crippen molar-refractivity contribution in [3.05, 3.63) is 68.5 Å². The van der Waals surface area contributed by atoms with Crippen LogP contribution in [0, 0.1) is 25.2 Å². The molecule has 0 spiro atoms. The molecule has 2 aromatic heterocycles. The van der Waals surface area contributed by atoms with Gasteiger partial charge in [-0.25, -0.2) is 4.98 Å². The quantitative estimate of drug-likeness (QED) is 0.671. The number of nitrogens with two attached hydrogens (primary N) is 1. The predicted molar refractivity (Wildman–Crippen MR) is 99.8 cm³/mol. The highest BCUT2D eigenvalue weighted by Gasteiger charge is 2.35. The molecular weight excluding hydrogens is 354 g/mol. The maximum atomic E-state index is 9.66. The Bertz CT molecular complexity index is 1090. The topological polar surface area (TPSA) is 71.9 Å². The number of nitriles is 1. The summed E-state index contributed by atoms with van der Waals surface area (Å²) in [6.45, 7) is 3.99. The minimum atomic E-state index is -0.346. The number of allylic oxidation sites excluding steroid dienone is 1. The molecule has 3 aromatic rings. The number of hydrogen-bond donors (Lipinski definition) is 1. The number of halogens is 1. The van der Waals surface area contributed by atoms with Gasteiger partial charge in [-0.1, -0.05) is 29.8 Å². The molecule has 6 heteroatoms. The minimum Gasteiger partial charge on any atom is -0.439 e. The standard InChI is InChI=1S/C19H14ClN3OS/c1-9-7-10(2)23-19-14(9)16-17(25-19)15(12(8-21)18(22)24-16)11-5-3-4-6-13(11)20/h3-7,15H,22H2,1-2H3. The fourth-order valence-corrected chi connectivity index (χ4v) is 4.88. The van der Waals surface area contributed by atoms with Gasteiger partial charge in [0.15, 0.2) is 5.75 Å². The molecule has 0 saturated heterocycles. The van der Waals surface area contributed by atoms with Gasteiger partial charge in [-0.05, 0) is 37.1 Å². The first-order valence-corrected chi connectivity index (χ1v) is 8.93. The van der Waals surface area contributed by atoms with E-state index in [1.54, 1.807) is 0 Å². The van der Waals surface area contributed by atoms with E-state index in [0.717, 1.165) is 31.9 Å². The first kappa shape index (κ1) is 15.9. The van der Waals surface area contributed by atoms with Gasteiger partial charge in [0.05, 0.1) is 16.2 Å². The maximum absolute atomic E-state index is 9.66. The molecule has 0 bridgehead atoms. The molecule has 0 aliphatic carbocycles. The van der Waals surface area contributed by atoms with Crippen molar-refractivity contribution in [2.75, 3.05) is 0 Å². The number of nitrogens with zero attached hydrogens (tertiary/aromatic N) is 2. The predicted octanol–water partition coefficient (Wildman–Crippen LogP) is 4.78. The molecular formula is C19H14ClN3OS. The molecule has 2 N–H and O–H groups in total. The fourth-order valence-electron chi connectivity index (χ4n) is 3.28. The van der Waals surface area contributed by atoms with Crippen LogP contribution in [0.5, 0.6) is 5.75 Å². The van der Waals surface area contributed by atoms with Gasteiger partial charge in [0.25, 0.3) is 0 Å². The van der Waals surface area contributed by atoms with E-state index in [-0.39, 0.29) is 11.8 Å². The van der Waals surface area contributed by atoms with E-state index >= 15 is 0 Å². The van der Waals surface area contributed by atoms with Crippen molar-refractivity contribution in [1.82, 2.24) is 4.98 Å². The number of aryl methyl sites for hydroxylation is 2. The molecule has 0 saturated carbocycles. The Labute approximate surface area is 154 Å². The molecule has 124 valence electrons. The molecule has 1 atom stereocenters. The van der Waals surface area contributed by atoms with Gasteiger partial charge in [-0.3, -0.25) is 0 Å². The lowest BCUT2D eigenvalue weighted by Gasteiger charge is -2.24. The van der Waals surface area contributed by atoms with Gasteiger partial charge in [-0.15, -0.1) is 11.3 Å². The monoisotopic (exact) mass is 367 g/mol. The summed E-state index contributed by atoms with van der Waals surface area (Å²) in [5, 5.41) is 11.2. The van der Waals surface area contributed by atoms with Crippen LogP contribution in [0.15, 0.2) is 41.8 Å². The third-order valence-electron chi connectivity index (χ3n) is 4.33. The van der Waals surface area contributed by atoms with E-state index in [1.165, 1.54) is 11.3 Å². The summed E-state index contributed by atoms with van der Waals surface area (Å²) in [6, 6.07) is 11.7. The van der Waals surface area contributed by atoms with Crippen LogP contribution in [-0.2, 0) is 0 Å². The lowest BCUT2D eigenvalue weighted by atomic mass is 9.88. The van der Waals surface area contributed by atoms with Crippen molar-refractivity contribution in [2.24, 2.45) is 5.73 Å². The van der Waals surface area contributed by atoms with Crippen molar-refractivity contribution < 1.29 is 4.74 Å². The number of pyridine rings is 1. The van der Waals surface area contributed by atoms with Gasteiger partial charge in [0.2, 0.25) is 5.88 Å². The number of benzene rings is 1. The van der Waals surface area contributed by atoms with Crippen LogP contribution in [0.4, 0.5) is 0 Å². The molecule has 1 aliphatic heterocycles. The number of ether oxygens (including phenoxy) is 1. The number of hydrogen-bond acceptors (Lipinski definition) is 5. The first-order chi connectivity index (χ1) is 12.0. The summed E-state index contributed by atoms with van der Waals surface area (Å²) < 4.78 is 5.86. The largest absolute Gasteiger partial charge is 0.439 e. The first-order valence-electron chi connectivity index (χ1n) is 7.74. The number of rotatable bonds is 1. The van der Waals surface area contributed by atoms with E-state index in [0.29, 0.717) is 16.3 Å². The van der Waals surface area contributed by atoms with Crippen LogP contribution in [-0.4, -0.2) is 4.98 Å². The third-order valence-corrected chi connectivity index (χ3v) is 5.81. The second-order valence-corrected chi connectivity index (χ2v) is 7.44. The lowest BCUT2D eigenvalue weighted by molar-refractivity contribution is 0.401. The van der Waals surface area contributed by atoms with Gasteiger partial charge in [0.1, 0.15) is 16.5 Å². The molecule has 1 unspecified atom stereocenters. The van der Waals surface area contributed by atoms with Crippen molar-refractivity contribution in [3.8, 4) is 11.8 Å². The molecule has 25 heavy (non-hydrogen) atoms. The molecule has 1 aromatic carbocycles. The van der Waals surface area contributed by atoms with E-state index < -0.39 is 0 Å². The van der Waals surface area contributed by atoms with Crippen LogP contribution < -0.4 is 10.5 Å². The van der Waals surface area contributed by atoms with Crippen molar-refractivity contribution in [2.45, 2.75) is 19.8 Å². The summed E-state index contributed by atoms with van der Waals surface area (Å²) in [5.41, 5.74) is 9.33. The van der Waals surface area contributed by atoms with Crippen LogP contribution in [0.25, 0.3) is 10.2 Å². The fraction of sp³-hybridized carbons (Fsp3) is 0.158. The molecule has 0 amide bonds. The summed E-state index contributed by atoms with van der Waals surface area (Å²) >= 11 is 7.95.